The van der Waals surface area contributed by atoms with Crippen molar-refractivity contribution in [2.45, 2.75) is 13.5 Å². The van der Waals surface area contributed by atoms with Gasteiger partial charge in [-0.25, -0.2) is 4.39 Å². The van der Waals surface area contributed by atoms with Crippen LogP contribution in [0.2, 0.25) is 0 Å². The zero-order valence-electron chi connectivity index (χ0n) is 10.6. The Bertz CT molecular complexity index is 429. The van der Waals surface area contributed by atoms with Crippen molar-refractivity contribution >= 4 is 16.5 Å². The van der Waals surface area contributed by atoms with Crippen LogP contribution in [0.4, 0.5) is 10.1 Å². The first-order valence-corrected chi connectivity index (χ1v) is 7.79. The van der Waals surface area contributed by atoms with Gasteiger partial charge < -0.3 is 10.2 Å². The number of nitrogens with one attached hydrogen (secondary N) is 1. The van der Waals surface area contributed by atoms with E-state index in [9.17, 15) is 8.60 Å². The average Bonchev–Trinajstić information content (AvgIpc) is 2.38. The van der Waals surface area contributed by atoms with Crippen LogP contribution in [0.1, 0.15) is 12.5 Å². The molecule has 0 aliphatic carbocycles. The number of benzene rings is 1. The maximum absolute atomic E-state index is 13.9. The van der Waals surface area contributed by atoms with E-state index in [4.69, 9.17) is 0 Å². The fourth-order valence-electron chi connectivity index (χ4n) is 2.15. The summed E-state index contributed by atoms with van der Waals surface area (Å²) in [5.74, 6) is 1.19. The number of anilines is 1. The predicted octanol–water partition coefficient (Wildman–Crippen LogP) is 1.50. The van der Waals surface area contributed by atoms with Gasteiger partial charge in [-0.05, 0) is 18.7 Å². The van der Waals surface area contributed by atoms with Crippen LogP contribution >= 0.6 is 0 Å². The third kappa shape index (κ3) is 3.09. The first-order valence-electron chi connectivity index (χ1n) is 6.30. The maximum atomic E-state index is 13.9. The fraction of sp³-hybridized carbons (Fsp3) is 0.538. The van der Waals surface area contributed by atoms with Gasteiger partial charge in [0.1, 0.15) is 5.82 Å². The molecular formula is C13H19FN2OS. The monoisotopic (exact) mass is 270 g/mol. The summed E-state index contributed by atoms with van der Waals surface area (Å²) in [5.41, 5.74) is 1.65. The molecule has 0 bridgehead atoms. The second kappa shape index (κ2) is 6.29. The molecule has 1 saturated heterocycles. The summed E-state index contributed by atoms with van der Waals surface area (Å²) in [6, 6.07) is 5.19. The van der Waals surface area contributed by atoms with Crippen LogP contribution in [0.3, 0.4) is 0 Å². The lowest BCUT2D eigenvalue weighted by Crippen LogP contribution is -2.38. The standard InChI is InChI=1S/C13H19FN2OS/c1-2-15-10-11-12(14)4-3-5-13(11)16-6-8-18(17)9-7-16/h3-5,15H,2,6-10H2,1H3. The van der Waals surface area contributed by atoms with Crippen molar-refractivity contribution in [3.63, 3.8) is 0 Å². The minimum atomic E-state index is -0.703. The van der Waals surface area contributed by atoms with Crippen LogP contribution in [-0.2, 0) is 17.3 Å². The Balaban J connectivity index is 2.20. The molecule has 0 unspecified atom stereocenters. The summed E-state index contributed by atoms with van der Waals surface area (Å²) in [6.45, 7) is 4.85. The Morgan fingerprint density at radius 2 is 2.11 bits per heavy atom. The Morgan fingerprint density at radius 3 is 2.78 bits per heavy atom. The molecule has 18 heavy (non-hydrogen) atoms. The molecule has 0 atom stereocenters. The van der Waals surface area contributed by atoms with Crippen molar-refractivity contribution < 1.29 is 8.60 Å². The first kappa shape index (κ1) is 13.5. The van der Waals surface area contributed by atoms with Gasteiger partial charge in [0.2, 0.25) is 0 Å². The largest absolute Gasteiger partial charge is 0.369 e. The minimum absolute atomic E-state index is 0.167. The van der Waals surface area contributed by atoms with Gasteiger partial charge in [-0.2, -0.15) is 0 Å². The number of hydrogen-bond acceptors (Lipinski definition) is 3. The highest BCUT2D eigenvalue weighted by Crippen LogP contribution is 2.24. The molecule has 0 radical (unpaired) electrons. The topological polar surface area (TPSA) is 32.3 Å². The molecule has 1 fully saturated rings. The second-order valence-electron chi connectivity index (χ2n) is 4.35. The van der Waals surface area contributed by atoms with Crippen molar-refractivity contribution in [3.8, 4) is 0 Å². The summed E-state index contributed by atoms with van der Waals surface area (Å²) < 4.78 is 25.2. The molecule has 1 aliphatic rings. The van der Waals surface area contributed by atoms with Crippen molar-refractivity contribution in [1.82, 2.24) is 5.32 Å². The quantitative estimate of drug-likeness (QED) is 0.900. The minimum Gasteiger partial charge on any atom is -0.369 e. The van der Waals surface area contributed by atoms with E-state index in [1.807, 2.05) is 13.0 Å². The van der Waals surface area contributed by atoms with Gasteiger partial charge in [-0.15, -0.1) is 0 Å². The van der Waals surface area contributed by atoms with Crippen LogP contribution in [0.5, 0.6) is 0 Å². The molecule has 100 valence electrons. The van der Waals surface area contributed by atoms with Crippen molar-refractivity contribution in [2.75, 3.05) is 36.0 Å². The van der Waals surface area contributed by atoms with Crippen LogP contribution in [0.25, 0.3) is 0 Å². The molecule has 2 rings (SSSR count). The summed E-state index contributed by atoms with van der Waals surface area (Å²) in [7, 11) is -0.703. The lowest BCUT2D eigenvalue weighted by Gasteiger charge is -2.30. The Kier molecular flexibility index (Phi) is 4.72. The normalized spacial score (nSPS) is 17.1. The van der Waals surface area contributed by atoms with E-state index in [-0.39, 0.29) is 5.82 Å². The fourth-order valence-corrected chi connectivity index (χ4v) is 3.20. The average molecular weight is 270 g/mol. The lowest BCUT2D eigenvalue weighted by atomic mass is 10.1. The van der Waals surface area contributed by atoms with E-state index in [2.05, 4.69) is 10.2 Å². The number of hydrogen-bond donors (Lipinski definition) is 1. The highest BCUT2D eigenvalue weighted by molar-refractivity contribution is 7.85. The van der Waals surface area contributed by atoms with Crippen molar-refractivity contribution in [1.29, 1.82) is 0 Å². The zero-order chi connectivity index (χ0) is 13.0. The molecule has 0 spiro atoms. The number of halogens is 1. The summed E-state index contributed by atoms with van der Waals surface area (Å²) in [6.07, 6.45) is 0. The van der Waals surface area contributed by atoms with E-state index < -0.39 is 10.8 Å². The van der Waals surface area contributed by atoms with Gasteiger partial charge in [0.15, 0.2) is 0 Å². The van der Waals surface area contributed by atoms with Gasteiger partial charge >= 0.3 is 0 Å². The Labute approximate surface area is 110 Å². The van der Waals surface area contributed by atoms with E-state index in [0.717, 1.165) is 25.3 Å². The molecule has 0 saturated carbocycles. The molecule has 5 heteroatoms. The first-order chi connectivity index (χ1) is 8.72. The molecule has 0 aromatic heterocycles. The van der Waals surface area contributed by atoms with Crippen LogP contribution in [0, 0.1) is 5.82 Å². The molecule has 1 aliphatic heterocycles. The number of nitrogens with zero attached hydrogens (tertiary/aromatic N) is 1. The Hall–Kier alpha value is -0.940. The maximum Gasteiger partial charge on any atom is 0.129 e. The van der Waals surface area contributed by atoms with Crippen molar-refractivity contribution in [2.24, 2.45) is 0 Å². The third-order valence-corrected chi connectivity index (χ3v) is 4.44. The Morgan fingerprint density at radius 1 is 1.39 bits per heavy atom. The zero-order valence-corrected chi connectivity index (χ0v) is 11.4. The van der Waals surface area contributed by atoms with Gasteiger partial charge in [0.05, 0.1) is 0 Å². The third-order valence-electron chi connectivity index (χ3n) is 3.16. The smallest absolute Gasteiger partial charge is 0.129 e. The molecule has 1 aromatic carbocycles. The van der Waals surface area contributed by atoms with Gasteiger partial charge in [-0.3, -0.25) is 4.21 Å². The highest BCUT2D eigenvalue weighted by Gasteiger charge is 2.19. The van der Waals surface area contributed by atoms with Crippen LogP contribution in [-0.4, -0.2) is 35.3 Å². The summed E-state index contributed by atoms with van der Waals surface area (Å²) >= 11 is 0. The van der Waals surface area contributed by atoms with Gasteiger partial charge in [-0.1, -0.05) is 13.0 Å². The van der Waals surface area contributed by atoms with E-state index in [0.29, 0.717) is 23.6 Å². The van der Waals surface area contributed by atoms with Gasteiger partial charge in [0.25, 0.3) is 0 Å². The predicted molar refractivity (Wildman–Crippen MR) is 73.9 cm³/mol. The van der Waals surface area contributed by atoms with Crippen LogP contribution < -0.4 is 10.2 Å². The number of rotatable bonds is 4. The van der Waals surface area contributed by atoms with E-state index in [1.54, 1.807) is 6.07 Å². The van der Waals surface area contributed by atoms with Gasteiger partial charge in [0, 0.05) is 53.2 Å². The molecule has 3 nitrogen and oxygen atoms in total. The molecule has 1 aromatic rings. The lowest BCUT2D eigenvalue weighted by molar-refractivity contribution is 0.591. The highest BCUT2D eigenvalue weighted by atomic mass is 32.2. The van der Waals surface area contributed by atoms with E-state index in [1.165, 1.54) is 6.07 Å². The molecular weight excluding hydrogens is 251 g/mol. The summed E-state index contributed by atoms with van der Waals surface area (Å²) in [4.78, 5) is 2.14. The molecule has 0 amide bonds. The second-order valence-corrected chi connectivity index (χ2v) is 6.05. The molecule has 1 N–H and O–H groups in total. The SMILES string of the molecule is CCNCc1c(F)cccc1N1CCS(=O)CC1. The van der Waals surface area contributed by atoms with Crippen molar-refractivity contribution in [3.05, 3.63) is 29.6 Å². The van der Waals surface area contributed by atoms with E-state index >= 15 is 0 Å². The molecule has 1 heterocycles. The van der Waals surface area contributed by atoms with Crippen LogP contribution in [0.15, 0.2) is 18.2 Å². The summed E-state index contributed by atoms with van der Waals surface area (Å²) in [5, 5.41) is 3.17.